The summed E-state index contributed by atoms with van der Waals surface area (Å²) in [6, 6.07) is 16.7. The summed E-state index contributed by atoms with van der Waals surface area (Å²) in [6.45, 7) is 3.37. The van der Waals surface area contributed by atoms with Crippen molar-refractivity contribution in [3.8, 4) is 23.3 Å². The standard InChI is InChI=1S/C24H19N9O/c1-14-4-8-22(30-29-14)27-16-5-7-20-19(10-16)26-13-33(20)23-9-6-18(15(2)34)24(28-23)21-11-17(12-25)31-32(21)3/h4-11,13H,1-3H3,(H,27,30). The van der Waals surface area contributed by atoms with Crippen molar-refractivity contribution in [2.24, 2.45) is 7.05 Å². The highest BCUT2D eigenvalue weighted by molar-refractivity contribution is 5.99. The van der Waals surface area contributed by atoms with E-state index in [4.69, 9.17) is 4.98 Å². The summed E-state index contributed by atoms with van der Waals surface area (Å²) in [5.74, 6) is 1.11. The molecule has 5 rings (SSSR count). The monoisotopic (exact) mass is 449 g/mol. The Morgan fingerprint density at radius 1 is 1.09 bits per heavy atom. The van der Waals surface area contributed by atoms with Crippen LogP contribution in [0.4, 0.5) is 11.5 Å². The Balaban J connectivity index is 1.55. The average molecular weight is 449 g/mol. The molecule has 0 saturated heterocycles. The van der Waals surface area contributed by atoms with Crippen molar-refractivity contribution >= 4 is 28.3 Å². The van der Waals surface area contributed by atoms with Crippen molar-refractivity contribution in [2.45, 2.75) is 13.8 Å². The third-order valence-electron chi connectivity index (χ3n) is 5.36. The molecule has 1 N–H and O–H groups in total. The van der Waals surface area contributed by atoms with Gasteiger partial charge in [-0.15, -0.1) is 5.10 Å². The third-order valence-corrected chi connectivity index (χ3v) is 5.36. The van der Waals surface area contributed by atoms with E-state index in [9.17, 15) is 10.1 Å². The van der Waals surface area contributed by atoms with E-state index < -0.39 is 0 Å². The van der Waals surface area contributed by atoms with Crippen molar-refractivity contribution in [1.29, 1.82) is 5.26 Å². The van der Waals surface area contributed by atoms with Crippen molar-refractivity contribution in [3.05, 3.63) is 71.8 Å². The molecule has 0 unspecified atom stereocenters. The molecule has 0 saturated carbocycles. The molecule has 4 heterocycles. The van der Waals surface area contributed by atoms with E-state index in [1.807, 2.05) is 47.9 Å². The molecule has 34 heavy (non-hydrogen) atoms. The number of imidazole rings is 1. The minimum absolute atomic E-state index is 0.126. The van der Waals surface area contributed by atoms with Gasteiger partial charge >= 0.3 is 0 Å². The average Bonchev–Trinajstić information content (AvgIpc) is 3.43. The number of carbonyl (C=O) groups excluding carboxylic acids is 1. The molecule has 5 aromatic rings. The number of rotatable bonds is 5. The smallest absolute Gasteiger partial charge is 0.163 e. The molecule has 0 bridgehead atoms. The molecule has 0 radical (unpaired) electrons. The Bertz CT molecular complexity index is 1590. The van der Waals surface area contributed by atoms with E-state index in [0.717, 1.165) is 22.4 Å². The third kappa shape index (κ3) is 3.75. The SMILES string of the molecule is CC(=O)c1ccc(-n2cnc3cc(Nc4ccc(C)nn4)ccc32)nc1-c1cc(C#N)nn1C. The zero-order valence-corrected chi connectivity index (χ0v) is 18.7. The van der Waals surface area contributed by atoms with Crippen LogP contribution in [0.3, 0.4) is 0 Å². The van der Waals surface area contributed by atoms with Crippen LogP contribution in [0.15, 0.2) is 54.9 Å². The summed E-state index contributed by atoms with van der Waals surface area (Å²) < 4.78 is 3.40. The number of hydrogen-bond acceptors (Lipinski definition) is 8. The summed E-state index contributed by atoms with van der Waals surface area (Å²) in [7, 11) is 1.72. The second kappa shape index (κ2) is 8.22. The van der Waals surface area contributed by atoms with Crippen LogP contribution in [-0.4, -0.2) is 40.3 Å². The fourth-order valence-corrected chi connectivity index (χ4v) is 3.69. The number of Topliss-reactive ketones (excluding diaryl/α,β-unsaturated/α-hetero) is 1. The van der Waals surface area contributed by atoms with Crippen LogP contribution in [0.1, 0.15) is 28.7 Å². The number of ketones is 1. The van der Waals surface area contributed by atoms with Crippen LogP contribution in [0.25, 0.3) is 28.2 Å². The number of anilines is 2. The molecule has 1 aromatic carbocycles. The van der Waals surface area contributed by atoms with E-state index in [-0.39, 0.29) is 11.5 Å². The molecule has 0 amide bonds. The second-order valence-corrected chi connectivity index (χ2v) is 7.78. The number of nitriles is 1. The summed E-state index contributed by atoms with van der Waals surface area (Å²) >= 11 is 0. The molecule has 10 nitrogen and oxygen atoms in total. The number of aryl methyl sites for hydroxylation is 2. The van der Waals surface area contributed by atoms with E-state index in [1.54, 1.807) is 36.3 Å². The second-order valence-electron chi connectivity index (χ2n) is 7.78. The lowest BCUT2D eigenvalue weighted by Gasteiger charge is -2.11. The first kappa shape index (κ1) is 21.0. The van der Waals surface area contributed by atoms with Gasteiger partial charge < -0.3 is 5.32 Å². The van der Waals surface area contributed by atoms with Gasteiger partial charge in [0.05, 0.1) is 22.4 Å². The number of pyridine rings is 1. The fourth-order valence-electron chi connectivity index (χ4n) is 3.69. The largest absolute Gasteiger partial charge is 0.339 e. The molecule has 0 aliphatic heterocycles. The highest BCUT2D eigenvalue weighted by Crippen LogP contribution is 2.27. The predicted octanol–water partition coefficient (Wildman–Crippen LogP) is 3.74. The summed E-state index contributed by atoms with van der Waals surface area (Å²) in [4.78, 5) is 21.6. The van der Waals surface area contributed by atoms with Gasteiger partial charge in [0.15, 0.2) is 17.3 Å². The molecule has 0 aliphatic rings. The van der Waals surface area contributed by atoms with Crippen LogP contribution >= 0.6 is 0 Å². The lowest BCUT2D eigenvalue weighted by atomic mass is 10.1. The van der Waals surface area contributed by atoms with E-state index in [1.165, 1.54) is 6.92 Å². The molecule has 0 spiro atoms. The molecule has 0 aliphatic carbocycles. The molecule has 10 heteroatoms. The quantitative estimate of drug-likeness (QED) is 0.402. The zero-order valence-electron chi connectivity index (χ0n) is 18.7. The maximum atomic E-state index is 12.3. The van der Waals surface area contributed by atoms with Gasteiger partial charge in [-0.2, -0.15) is 15.5 Å². The molecule has 0 atom stereocenters. The van der Waals surface area contributed by atoms with Crippen LogP contribution < -0.4 is 5.32 Å². The Morgan fingerprint density at radius 2 is 1.94 bits per heavy atom. The van der Waals surface area contributed by atoms with Gasteiger partial charge in [0.2, 0.25) is 0 Å². The maximum absolute atomic E-state index is 12.3. The van der Waals surface area contributed by atoms with Gasteiger partial charge in [0.1, 0.15) is 23.9 Å². The number of aromatic nitrogens is 7. The van der Waals surface area contributed by atoms with Crippen molar-refractivity contribution in [2.75, 3.05) is 5.32 Å². The minimum atomic E-state index is -0.126. The fraction of sp³-hybridized carbons (Fsp3) is 0.125. The summed E-state index contributed by atoms with van der Waals surface area (Å²) in [6.07, 6.45) is 1.68. The molecule has 4 aromatic heterocycles. The lowest BCUT2D eigenvalue weighted by molar-refractivity contribution is 0.101. The van der Waals surface area contributed by atoms with Gasteiger partial charge in [-0.25, -0.2) is 9.97 Å². The van der Waals surface area contributed by atoms with E-state index >= 15 is 0 Å². The normalized spacial score (nSPS) is 10.9. The van der Waals surface area contributed by atoms with Gasteiger partial charge in [0, 0.05) is 24.4 Å². The lowest BCUT2D eigenvalue weighted by Crippen LogP contribution is -2.06. The summed E-state index contributed by atoms with van der Waals surface area (Å²) in [5.41, 5.74) is 5.02. The molecule has 0 fully saturated rings. The Labute approximate surface area is 194 Å². The van der Waals surface area contributed by atoms with Crippen molar-refractivity contribution < 1.29 is 4.79 Å². The Kier molecular flexibility index (Phi) is 5.07. The van der Waals surface area contributed by atoms with Gasteiger partial charge in [-0.1, -0.05) is 0 Å². The molecule has 166 valence electrons. The van der Waals surface area contributed by atoms with Crippen LogP contribution in [0, 0.1) is 18.3 Å². The maximum Gasteiger partial charge on any atom is 0.163 e. The van der Waals surface area contributed by atoms with Gasteiger partial charge in [-0.05, 0) is 56.3 Å². The Morgan fingerprint density at radius 3 is 2.65 bits per heavy atom. The van der Waals surface area contributed by atoms with Crippen molar-refractivity contribution in [1.82, 2.24) is 34.5 Å². The highest BCUT2D eigenvalue weighted by Gasteiger charge is 2.18. The zero-order chi connectivity index (χ0) is 23.8. The Hall–Kier alpha value is -4.91. The van der Waals surface area contributed by atoms with E-state index in [2.05, 4.69) is 25.6 Å². The number of fused-ring (bicyclic) bond motifs is 1. The first-order chi connectivity index (χ1) is 16.4. The number of nitrogens with zero attached hydrogens (tertiary/aromatic N) is 8. The number of benzene rings is 1. The number of nitrogens with one attached hydrogen (secondary N) is 1. The van der Waals surface area contributed by atoms with Crippen LogP contribution in [0.2, 0.25) is 0 Å². The molecular formula is C24H19N9O. The van der Waals surface area contributed by atoms with Crippen LogP contribution in [-0.2, 0) is 7.05 Å². The topological polar surface area (TPSA) is 127 Å². The first-order valence-corrected chi connectivity index (χ1v) is 10.4. The predicted molar refractivity (Wildman–Crippen MR) is 126 cm³/mol. The number of carbonyl (C=O) groups is 1. The summed E-state index contributed by atoms with van der Waals surface area (Å²) in [5, 5.41) is 24.8. The molecular weight excluding hydrogens is 430 g/mol. The van der Waals surface area contributed by atoms with E-state index in [0.29, 0.717) is 28.6 Å². The highest BCUT2D eigenvalue weighted by atomic mass is 16.1. The van der Waals surface area contributed by atoms with Gasteiger partial charge in [0.25, 0.3) is 0 Å². The minimum Gasteiger partial charge on any atom is -0.339 e. The van der Waals surface area contributed by atoms with Crippen LogP contribution in [0.5, 0.6) is 0 Å². The van der Waals surface area contributed by atoms with Crippen molar-refractivity contribution in [3.63, 3.8) is 0 Å². The van der Waals surface area contributed by atoms with Gasteiger partial charge in [-0.3, -0.25) is 14.0 Å². The number of hydrogen-bond donors (Lipinski definition) is 1. The first-order valence-electron chi connectivity index (χ1n) is 10.4.